The fourth-order valence-corrected chi connectivity index (χ4v) is 1.46. The molecule has 88 valence electrons. The minimum absolute atomic E-state index is 0.205. The quantitative estimate of drug-likeness (QED) is 0.824. The van der Waals surface area contributed by atoms with Gasteiger partial charge in [-0.1, -0.05) is 0 Å². The second-order valence-electron chi connectivity index (χ2n) is 3.64. The molecule has 0 spiro atoms. The van der Waals surface area contributed by atoms with Crippen LogP contribution >= 0.6 is 0 Å². The number of pyridine rings is 1. The van der Waals surface area contributed by atoms with Crippen molar-refractivity contribution < 1.29 is 4.79 Å². The molecule has 6 heteroatoms. The van der Waals surface area contributed by atoms with E-state index in [4.69, 9.17) is 5.73 Å². The molecule has 0 aliphatic heterocycles. The maximum Gasteiger partial charge on any atom is 0.263 e. The number of nitrogens with zero attached hydrogens (tertiary/aromatic N) is 4. The molecule has 0 unspecified atom stereocenters. The number of amides is 1. The van der Waals surface area contributed by atoms with Crippen molar-refractivity contribution in [3.8, 4) is 0 Å². The van der Waals surface area contributed by atoms with Gasteiger partial charge in [-0.2, -0.15) is 5.10 Å². The van der Waals surface area contributed by atoms with Crippen LogP contribution in [-0.2, 0) is 7.05 Å². The second kappa shape index (κ2) is 4.25. The van der Waals surface area contributed by atoms with Crippen LogP contribution in [0.25, 0.3) is 0 Å². The molecule has 0 saturated heterocycles. The van der Waals surface area contributed by atoms with Crippen LogP contribution in [0, 0.1) is 0 Å². The highest BCUT2D eigenvalue weighted by Crippen LogP contribution is 2.16. The van der Waals surface area contributed by atoms with E-state index in [0.717, 1.165) is 0 Å². The molecule has 0 aromatic carbocycles. The van der Waals surface area contributed by atoms with Gasteiger partial charge in [0.05, 0.1) is 18.1 Å². The molecule has 0 bridgehead atoms. The zero-order chi connectivity index (χ0) is 12.4. The lowest BCUT2D eigenvalue weighted by molar-refractivity contribution is 0.0994. The maximum absolute atomic E-state index is 12.1. The van der Waals surface area contributed by atoms with Gasteiger partial charge in [-0.25, -0.2) is 0 Å². The van der Waals surface area contributed by atoms with Gasteiger partial charge in [0.2, 0.25) is 0 Å². The molecule has 2 N–H and O–H groups in total. The lowest BCUT2D eigenvalue weighted by atomic mass is 10.2. The summed E-state index contributed by atoms with van der Waals surface area (Å²) in [6, 6.07) is 3.57. The van der Waals surface area contributed by atoms with Crippen molar-refractivity contribution in [3.05, 3.63) is 36.3 Å². The van der Waals surface area contributed by atoms with Crippen molar-refractivity contribution in [3.63, 3.8) is 0 Å². The lowest BCUT2D eigenvalue weighted by Gasteiger charge is -2.16. The van der Waals surface area contributed by atoms with E-state index in [2.05, 4.69) is 10.1 Å². The number of nitrogen functional groups attached to an aromatic ring is 1. The standard InChI is InChI=1S/C11H13N5O/c1-15(8-4-3-5-13-6-8)11(17)9-7-14-16(2)10(9)12/h3-7H,12H2,1-2H3. The Morgan fingerprint density at radius 2 is 2.24 bits per heavy atom. The number of anilines is 2. The summed E-state index contributed by atoms with van der Waals surface area (Å²) in [6.45, 7) is 0. The van der Waals surface area contributed by atoms with Crippen molar-refractivity contribution in [1.29, 1.82) is 0 Å². The van der Waals surface area contributed by atoms with Gasteiger partial charge in [0, 0.05) is 20.3 Å². The number of hydrogen-bond donors (Lipinski definition) is 1. The van der Waals surface area contributed by atoms with Crippen LogP contribution in [0.15, 0.2) is 30.7 Å². The highest BCUT2D eigenvalue weighted by atomic mass is 16.2. The Labute approximate surface area is 98.7 Å². The molecule has 6 nitrogen and oxygen atoms in total. The zero-order valence-electron chi connectivity index (χ0n) is 9.66. The minimum atomic E-state index is -0.205. The molecule has 2 aromatic heterocycles. The van der Waals surface area contributed by atoms with Gasteiger partial charge in [-0.3, -0.25) is 14.5 Å². The number of carbonyl (C=O) groups excluding carboxylic acids is 1. The van der Waals surface area contributed by atoms with Crippen molar-refractivity contribution in [2.75, 3.05) is 17.7 Å². The van der Waals surface area contributed by atoms with Gasteiger partial charge in [-0.15, -0.1) is 0 Å². The molecule has 0 radical (unpaired) electrons. The van der Waals surface area contributed by atoms with Crippen molar-refractivity contribution in [2.45, 2.75) is 0 Å². The Balaban J connectivity index is 2.30. The highest BCUT2D eigenvalue weighted by molar-refractivity contribution is 6.08. The molecular formula is C11H13N5O. The largest absolute Gasteiger partial charge is 0.383 e. The van der Waals surface area contributed by atoms with Crippen LogP contribution in [0.3, 0.4) is 0 Å². The van der Waals surface area contributed by atoms with Crippen molar-refractivity contribution >= 4 is 17.4 Å². The molecule has 2 heterocycles. The van der Waals surface area contributed by atoms with Crippen molar-refractivity contribution in [2.24, 2.45) is 7.05 Å². The van der Waals surface area contributed by atoms with Crippen LogP contribution < -0.4 is 10.6 Å². The zero-order valence-corrected chi connectivity index (χ0v) is 9.66. The van der Waals surface area contributed by atoms with E-state index in [1.165, 1.54) is 15.8 Å². The smallest absolute Gasteiger partial charge is 0.263 e. The molecular weight excluding hydrogens is 218 g/mol. The molecule has 0 aliphatic carbocycles. The summed E-state index contributed by atoms with van der Waals surface area (Å²) < 4.78 is 1.46. The first-order valence-corrected chi connectivity index (χ1v) is 5.07. The minimum Gasteiger partial charge on any atom is -0.383 e. The van der Waals surface area contributed by atoms with E-state index in [0.29, 0.717) is 17.1 Å². The molecule has 2 rings (SSSR count). The molecule has 0 fully saturated rings. The van der Waals surface area contributed by atoms with Crippen LogP contribution in [0.1, 0.15) is 10.4 Å². The third-order valence-corrected chi connectivity index (χ3v) is 2.55. The van der Waals surface area contributed by atoms with E-state index < -0.39 is 0 Å². The molecule has 17 heavy (non-hydrogen) atoms. The first kappa shape index (κ1) is 11.1. The maximum atomic E-state index is 12.1. The average Bonchev–Trinajstić information content (AvgIpc) is 2.69. The van der Waals surface area contributed by atoms with Crippen molar-refractivity contribution in [1.82, 2.24) is 14.8 Å². The Kier molecular flexibility index (Phi) is 2.78. The average molecular weight is 231 g/mol. The van der Waals surface area contributed by atoms with Crippen LogP contribution in [0.4, 0.5) is 11.5 Å². The number of nitrogens with two attached hydrogens (primary N) is 1. The Morgan fingerprint density at radius 1 is 1.47 bits per heavy atom. The second-order valence-corrected chi connectivity index (χ2v) is 3.64. The van der Waals surface area contributed by atoms with Crippen LogP contribution in [0.2, 0.25) is 0 Å². The van der Waals surface area contributed by atoms with E-state index in [1.54, 1.807) is 38.6 Å². The third kappa shape index (κ3) is 1.96. The van der Waals surface area contributed by atoms with E-state index in [9.17, 15) is 4.79 Å². The monoisotopic (exact) mass is 231 g/mol. The normalized spacial score (nSPS) is 10.2. The number of aryl methyl sites for hydroxylation is 1. The number of carbonyl (C=O) groups is 1. The first-order valence-electron chi connectivity index (χ1n) is 5.07. The summed E-state index contributed by atoms with van der Waals surface area (Å²) in [5.41, 5.74) is 6.85. The highest BCUT2D eigenvalue weighted by Gasteiger charge is 2.18. The molecule has 2 aromatic rings. The van der Waals surface area contributed by atoms with E-state index in [1.807, 2.05) is 0 Å². The summed E-state index contributed by atoms with van der Waals surface area (Å²) >= 11 is 0. The Morgan fingerprint density at radius 3 is 2.76 bits per heavy atom. The first-order chi connectivity index (χ1) is 8.11. The number of rotatable bonds is 2. The number of aromatic nitrogens is 3. The van der Waals surface area contributed by atoms with Gasteiger partial charge in [0.15, 0.2) is 0 Å². The van der Waals surface area contributed by atoms with Crippen LogP contribution in [-0.4, -0.2) is 27.7 Å². The predicted molar refractivity (Wildman–Crippen MR) is 64.6 cm³/mol. The molecule has 1 amide bonds. The third-order valence-electron chi connectivity index (χ3n) is 2.55. The summed E-state index contributed by atoms with van der Waals surface area (Å²) in [5.74, 6) is 0.148. The summed E-state index contributed by atoms with van der Waals surface area (Å²) in [7, 11) is 3.36. The number of hydrogen-bond acceptors (Lipinski definition) is 4. The van der Waals surface area contributed by atoms with Gasteiger partial charge in [0.25, 0.3) is 5.91 Å². The van der Waals surface area contributed by atoms with Gasteiger partial charge in [0.1, 0.15) is 11.4 Å². The molecule has 0 saturated carbocycles. The molecule has 0 atom stereocenters. The summed E-state index contributed by atoms with van der Waals surface area (Å²) in [6.07, 6.45) is 4.73. The Hall–Kier alpha value is -2.37. The summed E-state index contributed by atoms with van der Waals surface area (Å²) in [4.78, 5) is 17.6. The van der Waals surface area contributed by atoms with E-state index >= 15 is 0 Å². The van der Waals surface area contributed by atoms with E-state index in [-0.39, 0.29) is 5.91 Å². The van der Waals surface area contributed by atoms with Gasteiger partial charge in [-0.05, 0) is 12.1 Å². The topological polar surface area (TPSA) is 77.0 Å². The molecule has 0 aliphatic rings. The van der Waals surface area contributed by atoms with Gasteiger partial charge < -0.3 is 10.6 Å². The Bertz CT molecular complexity index is 534. The SMILES string of the molecule is CN(C(=O)c1cnn(C)c1N)c1cccnc1. The summed E-state index contributed by atoms with van der Waals surface area (Å²) in [5, 5.41) is 3.94. The van der Waals surface area contributed by atoms with Gasteiger partial charge >= 0.3 is 0 Å². The predicted octanol–water partition coefficient (Wildman–Crippen LogP) is 0.674. The fraction of sp³-hybridized carbons (Fsp3) is 0.182. The van der Waals surface area contributed by atoms with Crippen LogP contribution in [0.5, 0.6) is 0 Å². The lowest BCUT2D eigenvalue weighted by Crippen LogP contribution is -2.26. The fourth-order valence-electron chi connectivity index (χ4n) is 1.46.